The van der Waals surface area contributed by atoms with Crippen LogP contribution in [0.3, 0.4) is 0 Å². The maximum Gasteiger partial charge on any atom is 0.240 e. The van der Waals surface area contributed by atoms with Crippen LogP contribution in [0.15, 0.2) is 47.0 Å². The molecule has 0 aliphatic rings. The third-order valence-electron chi connectivity index (χ3n) is 2.42. The summed E-state index contributed by atoms with van der Waals surface area (Å²) in [6, 6.07) is 10.1. The summed E-state index contributed by atoms with van der Waals surface area (Å²) in [5.41, 5.74) is 2.26. The summed E-state index contributed by atoms with van der Waals surface area (Å²) in [6.07, 6.45) is 0.699. The highest BCUT2D eigenvalue weighted by Gasteiger charge is 2.06. The van der Waals surface area contributed by atoms with E-state index >= 15 is 0 Å². The fourth-order valence-corrected chi connectivity index (χ4v) is 1.60. The van der Waals surface area contributed by atoms with Crippen molar-refractivity contribution in [3.05, 3.63) is 59.8 Å². The molecule has 0 saturated carbocycles. The number of nitrogens with one attached hydrogen (secondary N) is 1. The third-order valence-corrected chi connectivity index (χ3v) is 2.42. The van der Waals surface area contributed by atoms with Gasteiger partial charge in [0.25, 0.3) is 0 Å². The first-order valence-corrected chi connectivity index (χ1v) is 5.94. The predicted molar refractivity (Wildman–Crippen MR) is 70.1 cm³/mol. The Morgan fingerprint density at radius 2 is 2.11 bits per heavy atom. The van der Waals surface area contributed by atoms with E-state index in [0.717, 1.165) is 12.1 Å². The molecule has 4 heteroatoms. The average molecular weight is 243 g/mol. The molecule has 18 heavy (non-hydrogen) atoms. The molecule has 0 spiro atoms. The molecule has 0 aliphatic carbocycles. The molecule has 4 nitrogen and oxygen atoms in total. The summed E-state index contributed by atoms with van der Waals surface area (Å²) in [5.74, 6) is 1.33. The quantitative estimate of drug-likeness (QED) is 0.791. The van der Waals surface area contributed by atoms with Gasteiger partial charge >= 0.3 is 0 Å². The molecule has 0 aliphatic heterocycles. The summed E-state index contributed by atoms with van der Waals surface area (Å²) in [5, 5.41) is 7.14. The van der Waals surface area contributed by atoms with E-state index in [-0.39, 0.29) is 0 Å². The zero-order chi connectivity index (χ0) is 12.8. The van der Waals surface area contributed by atoms with Crippen LogP contribution in [-0.4, -0.2) is 16.7 Å². The summed E-state index contributed by atoms with van der Waals surface area (Å²) >= 11 is 0. The van der Waals surface area contributed by atoms with Crippen LogP contribution < -0.4 is 5.32 Å². The van der Waals surface area contributed by atoms with Crippen LogP contribution in [0.25, 0.3) is 0 Å². The topological polar surface area (TPSA) is 51.0 Å². The highest BCUT2D eigenvalue weighted by molar-refractivity contribution is 5.18. The Morgan fingerprint density at radius 3 is 2.83 bits per heavy atom. The molecule has 0 saturated heterocycles. The van der Waals surface area contributed by atoms with Crippen molar-refractivity contribution in [2.45, 2.75) is 19.9 Å². The van der Waals surface area contributed by atoms with Gasteiger partial charge in [-0.1, -0.05) is 47.6 Å². The van der Waals surface area contributed by atoms with Gasteiger partial charge in [-0.25, -0.2) is 0 Å². The molecule has 0 radical (unpaired) electrons. The number of aromatic nitrogens is 2. The fraction of sp³-hybridized carbons (Fsp3) is 0.286. The molecule has 1 aromatic carbocycles. The highest BCUT2D eigenvalue weighted by atomic mass is 16.5. The molecule has 2 rings (SSSR count). The van der Waals surface area contributed by atoms with Gasteiger partial charge < -0.3 is 9.84 Å². The van der Waals surface area contributed by atoms with Gasteiger partial charge in [-0.05, 0) is 12.5 Å². The van der Waals surface area contributed by atoms with Crippen molar-refractivity contribution in [1.82, 2.24) is 15.5 Å². The van der Waals surface area contributed by atoms with Crippen molar-refractivity contribution >= 4 is 0 Å². The van der Waals surface area contributed by atoms with E-state index in [4.69, 9.17) is 4.52 Å². The van der Waals surface area contributed by atoms with E-state index in [9.17, 15) is 0 Å². The van der Waals surface area contributed by atoms with Crippen LogP contribution >= 0.6 is 0 Å². The minimum absolute atomic E-state index is 0.578. The third kappa shape index (κ3) is 3.82. The SMILES string of the molecule is C=C(C)CNCc1nc(Cc2ccccc2)no1. The van der Waals surface area contributed by atoms with E-state index < -0.39 is 0 Å². The Bertz CT molecular complexity index is 505. The van der Waals surface area contributed by atoms with Crippen LogP contribution in [0.1, 0.15) is 24.2 Å². The second-order valence-corrected chi connectivity index (χ2v) is 4.33. The number of benzene rings is 1. The average Bonchev–Trinajstić information content (AvgIpc) is 2.78. The van der Waals surface area contributed by atoms with Crippen LogP contribution in [0, 0.1) is 0 Å². The smallest absolute Gasteiger partial charge is 0.240 e. The van der Waals surface area contributed by atoms with Gasteiger partial charge in [0.05, 0.1) is 6.54 Å². The highest BCUT2D eigenvalue weighted by Crippen LogP contribution is 2.06. The molecule has 94 valence electrons. The lowest BCUT2D eigenvalue weighted by Gasteiger charge is -1.98. The molecule has 1 heterocycles. The summed E-state index contributed by atoms with van der Waals surface area (Å²) in [4.78, 5) is 4.33. The normalized spacial score (nSPS) is 10.5. The Morgan fingerprint density at radius 1 is 1.33 bits per heavy atom. The predicted octanol–water partition coefficient (Wildman–Crippen LogP) is 2.33. The molecular weight excluding hydrogens is 226 g/mol. The first-order valence-electron chi connectivity index (χ1n) is 5.94. The monoisotopic (exact) mass is 243 g/mol. The molecule has 2 aromatic rings. The summed E-state index contributed by atoms with van der Waals surface area (Å²) in [7, 11) is 0. The Balaban J connectivity index is 1.88. The van der Waals surface area contributed by atoms with Crippen molar-refractivity contribution in [3.63, 3.8) is 0 Å². The number of rotatable bonds is 6. The van der Waals surface area contributed by atoms with E-state index in [1.54, 1.807) is 0 Å². The van der Waals surface area contributed by atoms with E-state index in [2.05, 4.69) is 34.2 Å². The van der Waals surface area contributed by atoms with Gasteiger partial charge in [0.2, 0.25) is 5.89 Å². The molecule has 0 unspecified atom stereocenters. The van der Waals surface area contributed by atoms with Gasteiger partial charge in [-0.3, -0.25) is 0 Å². The lowest BCUT2D eigenvalue weighted by molar-refractivity contribution is 0.365. The Hall–Kier alpha value is -1.94. The standard InChI is InChI=1S/C14H17N3O/c1-11(2)9-15-10-14-16-13(17-18-14)8-12-6-4-3-5-7-12/h3-7,15H,1,8-10H2,2H3. The largest absolute Gasteiger partial charge is 0.338 e. The molecule has 0 fully saturated rings. The minimum Gasteiger partial charge on any atom is -0.338 e. The first kappa shape index (κ1) is 12.5. The van der Waals surface area contributed by atoms with Crippen molar-refractivity contribution in [3.8, 4) is 0 Å². The summed E-state index contributed by atoms with van der Waals surface area (Å²) < 4.78 is 5.17. The van der Waals surface area contributed by atoms with Crippen molar-refractivity contribution in [1.29, 1.82) is 0 Å². The van der Waals surface area contributed by atoms with Crippen molar-refractivity contribution < 1.29 is 4.52 Å². The van der Waals surface area contributed by atoms with E-state index in [1.807, 2.05) is 25.1 Å². The van der Waals surface area contributed by atoms with Gasteiger partial charge in [0, 0.05) is 13.0 Å². The minimum atomic E-state index is 0.578. The van der Waals surface area contributed by atoms with Crippen molar-refractivity contribution in [2.75, 3.05) is 6.54 Å². The summed E-state index contributed by atoms with van der Waals surface area (Å²) in [6.45, 7) is 7.13. The second kappa shape index (κ2) is 6.12. The van der Waals surface area contributed by atoms with Crippen LogP contribution in [0.2, 0.25) is 0 Å². The van der Waals surface area contributed by atoms with Gasteiger partial charge in [-0.15, -0.1) is 0 Å². The molecule has 0 amide bonds. The second-order valence-electron chi connectivity index (χ2n) is 4.33. The first-order chi connectivity index (χ1) is 8.74. The number of nitrogens with zero attached hydrogens (tertiary/aromatic N) is 2. The number of hydrogen-bond donors (Lipinski definition) is 1. The van der Waals surface area contributed by atoms with E-state index in [0.29, 0.717) is 24.7 Å². The lowest BCUT2D eigenvalue weighted by Crippen LogP contribution is -2.15. The van der Waals surface area contributed by atoms with E-state index in [1.165, 1.54) is 5.56 Å². The lowest BCUT2D eigenvalue weighted by atomic mass is 10.1. The Labute approximate surface area is 107 Å². The van der Waals surface area contributed by atoms with Crippen LogP contribution in [0.4, 0.5) is 0 Å². The molecular formula is C14H17N3O. The fourth-order valence-electron chi connectivity index (χ4n) is 1.60. The maximum atomic E-state index is 5.17. The maximum absolute atomic E-state index is 5.17. The van der Waals surface area contributed by atoms with Crippen LogP contribution in [-0.2, 0) is 13.0 Å². The van der Waals surface area contributed by atoms with Gasteiger partial charge in [0.15, 0.2) is 5.82 Å². The zero-order valence-electron chi connectivity index (χ0n) is 10.5. The zero-order valence-corrected chi connectivity index (χ0v) is 10.5. The van der Waals surface area contributed by atoms with Crippen LogP contribution in [0.5, 0.6) is 0 Å². The molecule has 0 atom stereocenters. The number of hydrogen-bond acceptors (Lipinski definition) is 4. The van der Waals surface area contributed by atoms with Crippen molar-refractivity contribution in [2.24, 2.45) is 0 Å². The Kier molecular flexibility index (Phi) is 4.25. The molecule has 1 N–H and O–H groups in total. The molecule has 1 aromatic heterocycles. The van der Waals surface area contributed by atoms with Gasteiger partial charge in [0.1, 0.15) is 0 Å². The van der Waals surface area contributed by atoms with Gasteiger partial charge in [-0.2, -0.15) is 4.98 Å². The molecule has 0 bridgehead atoms.